The Kier molecular flexibility index (Phi) is 8.02. The van der Waals surface area contributed by atoms with Crippen molar-refractivity contribution in [3.8, 4) is 11.3 Å². The molecule has 200 valence electrons. The maximum Gasteiger partial charge on any atom is 0.250 e. The second-order valence-electron chi connectivity index (χ2n) is 10.5. The summed E-state index contributed by atoms with van der Waals surface area (Å²) in [6.45, 7) is 8.98. The summed E-state index contributed by atoms with van der Waals surface area (Å²) in [5, 5.41) is 3.73. The first-order valence-corrected chi connectivity index (χ1v) is 15.4. The molecule has 2 fully saturated rings. The summed E-state index contributed by atoms with van der Waals surface area (Å²) in [6, 6.07) is 17.4. The van der Waals surface area contributed by atoms with Crippen molar-refractivity contribution in [2.75, 3.05) is 56.2 Å². The molecule has 2 saturated heterocycles. The van der Waals surface area contributed by atoms with Gasteiger partial charge in [-0.15, -0.1) is 0 Å². The zero-order chi connectivity index (χ0) is 25.9. The quantitative estimate of drug-likeness (QED) is 0.286. The topological polar surface area (TPSA) is 60.6 Å². The average molecular weight is 549 g/mol. The lowest BCUT2D eigenvalue weighted by Crippen LogP contribution is -2.36. The van der Waals surface area contributed by atoms with Gasteiger partial charge in [0.2, 0.25) is 5.56 Å². The highest BCUT2D eigenvalue weighted by atomic mass is 32.2. The number of hydrogen-bond donors (Lipinski definition) is 2. The summed E-state index contributed by atoms with van der Waals surface area (Å²) in [4.78, 5) is 25.5. The van der Waals surface area contributed by atoms with Crippen LogP contribution in [-0.2, 0) is 4.74 Å². The number of anilines is 2. The number of rotatable bonds is 7. The minimum atomic E-state index is -0.0689. The lowest BCUT2D eigenvalue weighted by molar-refractivity contribution is 0.122. The van der Waals surface area contributed by atoms with Crippen molar-refractivity contribution in [2.45, 2.75) is 58.2 Å². The predicted octanol–water partition coefficient (Wildman–Crippen LogP) is 6.17. The number of aromatic nitrogens is 1. The Morgan fingerprint density at radius 3 is 2.63 bits per heavy atom. The van der Waals surface area contributed by atoms with Crippen LogP contribution in [0.3, 0.4) is 0 Å². The Balaban J connectivity index is 1.18. The summed E-state index contributed by atoms with van der Waals surface area (Å²) in [6.07, 6.45) is 5.24. The standard InChI is InChI=1S/C30H36N4O2S2/c1-21(10-13-33-11-3-2-4-12-33)31-22-8-9-26-28(18-22)37-27-7-5-6-24(30(27)38-26)25-19-23(20-29(35)32-25)34-14-16-36-17-15-34/h5-9,18-21,31H,2-4,10-17H2,1H3,(H,32,35). The van der Waals surface area contributed by atoms with Crippen LogP contribution in [0.15, 0.2) is 72.9 Å². The molecule has 4 heterocycles. The molecule has 0 bridgehead atoms. The third-order valence-electron chi connectivity index (χ3n) is 7.59. The van der Waals surface area contributed by atoms with Crippen LogP contribution in [0.4, 0.5) is 11.4 Å². The van der Waals surface area contributed by atoms with Crippen LogP contribution < -0.4 is 15.8 Å². The second kappa shape index (κ2) is 11.8. The number of aromatic amines is 1. The fourth-order valence-corrected chi connectivity index (χ4v) is 7.91. The molecule has 0 spiro atoms. The van der Waals surface area contributed by atoms with Gasteiger partial charge in [0.05, 0.1) is 18.9 Å². The van der Waals surface area contributed by atoms with E-state index in [9.17, 15) is 4.79 Å². The zero-order valence-electron chi connectivity index (χ0n) is 22.0. The Morgan fingerprint density at radius 2 is 1.79 bits per heavy atom. The maximum atomic E-state index is 12.6. The number of morpholine rings is 1. The van der Waals surface area contributed by atoms with Gasteiger partial charge in [-0.05, 0) is 69.6 Å². The van der Waals surface area contributed by atoms with Crippen LogP contribution in [-0.4, -0.2) is 61.9 Å². The normalized spacial score (nSPS) is 18.5. The van der Waals surface area contributed by atoms with Crippen molar-refractivity contribution in [1.29, 1.82) is 0 Å². The SMILES string of the molecule is CC(CCN1CCCCC1)Nc1ccc2c(c1)Sc1cccc(-c3cc(N4CCOCC4)cc(=O)[nH]3)c1S2. The van der Waals surface area contributed by atoms with Crippen molar-refractivity contribution in [1.82, 2.24) is 9.88 Å². The molecule has 0 saturated carbocycles. The molecule has 1 atom stereocenters. The van der Waals surface area contributed by atoms with E-state index in [1.165, 1.54) is 64.2 Å². The van der Waals surface area contributed by atoms with Crippen LogP contribution in [0.2, 0.25) is 0 Å². The van der Waals surface area contributed by atoms with E-state index >= 15 is 0 Å². The number of likely N-dealkylation sites (tertiary alicyclic amines) is 1. The van der Waals surface area contributed by atoms with Crippen LogP contribution in [0.1, 0.15) is 32.6 Å². The van der Waals surface area contributed by atoms with E-state index in [-0.39, 0.29) is 5.56 Å². The molecule has 3 aromatic rings. The number of H-pyrrole nitrogens is 1. The average Bonchev–Trinajstić information content (AvgIpc) is 2.95. The number of fused-ring (bicyclic) bond motifs is 2. The van der Waals surface area contributed by atoms with Gasteiger partial charge >= 0.3 is 0 Å². The van der Waals surface area contributed by atoms with E-state index in [0.29, 0.717) is 19.3 Å². The van der Waals surface area contributed by atoms with Crippen LogP contribution in [0.25, 0.3) is 11.3 Å². The fraction of sp³-hybridized carbons (Fsp3) is 0.433. The zero-order valence-corrected chi connectivity index (χ0v) is 23.6. The van der Waals surface area contributed by atoms with Crippen molar-refractivity contribution < 1.29 is 4.74 Å². The molecule has 0 amide bonds. The van der Waals surface area contributed by atoms with Crippen molar-refractivity contribution >= 4 is 34.9 Å². The van der Waals surface area contributed by atoms with Gasteiger partial charge in [0.15, 0.2) is 0 Å². The van der Waals surface area contributed by atoms with E-state index in [2.05, 4.69) is 69.5 Å². The van der Waals surface area contributed by atoms with Gasteiger partial charge in [-0.3, -0.25) is 4.79 Å². The molecule has 2 aromatic carbocycles. The van der Waals surface area contributed by atoms with Gasteiger partial charge in [0.25, 0.3) is 0 Å². The smallest absolute Gasteiger partial charge is 0.250 e. The molecular formula is C30H36N4O2S2. The molecular weight excluding hydrogens is 512 g/mol. The Bertz CT molecular complexity index is 1330. The Morgan fingerprint density at radius 1 is 0.947 bits per heavy atom. The molecule has 0 aliphatic carbocycles. The lowest BCUT2D eigenvalue weighted by atomic mass is 10.1. The number of nitrogens with zero attached hydrogens (tertiary/aromatic N) is 2. The van der Waals surface area contributed by atoms with Gasteiger partial charge in [0, 0.05) is 68.3 Å². The molecule has 0 radical (unpaired) electrons. The highest BCUT2D eigenvalue weighted by molar-refractivity contribution is 8.05. The van der Waals surface area contributed by atoms with E-state index in [1.807, 2.05) is 11.8 Å². The summed E-state index contributed by atoms with van der Waals surface area (Å²) in [5.41, 5.74) is 4.02. The van der Waals surface area contributed by atoms with Gasteiger partial charge in [-0.1, -0.05) is 42.1 Å². The van der Waals surface area contributed by atoms with Crippen LogP contribution in [0, 0.1) is 0 Å². The molecule has 3 aliphatic heterocycles. The summed E-state index contributed by atoms with van der Waals surface area (Å²) in [5.74, 6) is 0. The largest absolute Gasteiger partial charge is 0.383 e. The van der Waals surface area contributed by atoms with Crippen LogP contribution >= 0.6 is 23.5 Å². The first-order valence-electron chi connectivity index (χ1n) is 13.8. The molecule has 2 N–H and O–H groups in total. The predicted molar refractivity (Wildman–Crippen MR) is 158 cm³/mol. The van der Waals surface area contributed by atoms with Gasteiger partial charge in [0.1, 0.15) is 0 Å². The number of piperidine rings is 1. The third kappa shape index (κ3) is 5.93. The number of nitrogens with one attached hydrogen (secondary N) is 2. The number of benzene rings is 2. The summed E-state index contributed by atoms with van der Waals surface area (Å²) < 4.78 is 5.50. The fourth-order valence-electron chi connectivity index (χ4n) is 5.50. The summed E-state index contributed by atoms with van der Waals surface area (Å²) in [7, 11) is 0. The minimum absolute atomic E-state index is 0.0689. The third-order valence-corrected chi connectivity index (χ3v) is 10.2. The Labute approximate surface area is 233 Å². The number of ether oxygens (including phenoxy) is 1. The number of hydrogen-bond acceptors (Lipinski definition) is 7. The van der Waals surface area contributed by atoms with E-state index in [4.69, 9.17) is 4.74 Å². The molecule has 6 nitrogen and oxygen atoms in total. The first kappa shape index (κ1) is 25.9. The highest BCUT2D eigenvalue weighted by Crippen LogP contribution is 2.52. The van der Waals surface area contributed by atoms with E-state index in [0.717, 1.165) is 36.5 Å². The van der Waals surface area contributed by atoms with E-state index in [1.54, 1.807) is 17.8 Å². The minimum Gasteiger partial charge on any atom is -0.383 e. The second-order valence-corrected chi connectivity index (χ2v) is 12.6. The first-order chi connectivity index (χ1) is 18.6. The van der Waals surface area contributed by atoms with Gasteiger partial charge in [-0.25, -0.2) is 0 Å². The molecule has 38 heavy (non-hydrogen) atoms. The van der Waals surface area contributed by atoms with Gasteiger partial charge in [-0.2, -0.15) is 0 Å². The monoisotopic (exact) mass is 548 g/mol. The van der Waals surface area contributed by atoms with E-state index < -0.39 is 0 Å². The molecule has 8 heteroatoms. The molecule has 1 unspecified atom stereocenters. The highest BCUT2D eigenvalue weighted by Gasteiger charge is 2.22. The summed E-state index contributed by atoms with van der Waals surface area (Å²) >= 11 is 3.61. The Hall–Kier alpha value is -2.39. The van der Waals surface area contributed by atoms with Crippen molar-refractivity contribution in [3.63, 3.8) is 0 Å². The molecule has 1 aromatic heterocycles. The van der Waals surface area contributed by atoms with Crippen molar-refractivity contribution in [3.05, 3.63) is 58.9 Å². The van der Waals surface area contributed by atoms with Crippen LogP contribution in [0.5, 0.6) is 0 Å². The lowest BCUT2D eigenvalue weighted by Gasteiger charge is -2.29. The molecule has 3 aliphatic rings. The maximum absolute atomic E-state index is 12.6. The number of pyridine rings is 1. The van der Waals surface area contributed by atoms with Crippen molar-refractivity contribution in [2.24, 2.45) is 0 Å². The van der Waals surface area contributed by atoms with Gasteiger partial charge < -0.3 is 24.8 Å². The molecule has 6 rings (SSSR count).